The fraction of sp³-hybridized carbons (Fsp3) is 0.440. The minimum absolute atomic E-state index is 0.0415. The molecule has 0 spiro atoms. The number of fused-ring (bicyclic) bond motifs is 1. The number of ether oxygens (including phenoxy) is 1. The number of benzene rings is 2. The third kappa shape index (κ3) is 5.33. The van der Waals surface area contributed by atoms with Gasteiger partial charge in [0, 0.05) is 29.5 Å². The molecule has 3 aliphatic rings. The van der Waals surface area contributed by atoms with Gasteiger partial charge in [0.2, 0.25) is 5.91 Å². The smallest absolute Gasteiger partial charge is 0.403 e. The molecule has 2 aromatic carbocycles. The van der Waals surface area contributed by atoms with Crippen LogP contribution in [0.1, 0.15) is 47.6 Å². The topological polar surface area (TPSA) is 92.8 Å². The lowest BCUT2D eigenvalue weighted by molar-refractivity contribution is -0.275. The number of halogens is 5. The molecule has 1 N–H and O–H groups in total. The van der Waals surface area contributed by atoms with Crippen LogP contribution in [0.15, 0.2) is 41.3 Å². The van der Waals surface area contributed by atoms with Gasteiger partial charge in [-0.2, -0.15) is 0 Å². The van der Waals surface area contributed by atoms with Crippen molar-refractivity contribution < 1.29 is 44.7 Å². The van der Waals surface area contributed by atoms with Gasteiger partial charge in [0.05, 0.1) is 10.9 Å². The van der Waals surface area contributed by atoms with E-state index in [4.69, 9.17) is 0 Å². The van der Waals surface area contributed by atoms with Gasteiger partial charge in [-0.05, 0) is 61.8 Å². The number of nitrogens with zero attached hydrogens (tertiary/aromatic N) is 1. The first-order chi connectivity index (χ1) is 17.7. The highest BCUT2D eigenvalue weighted by Crippen LogP contribution is 2.49. The van der Waals surface area contributed by atoms with Gasteiger partial charge in [0.1, 0.15) is 11.9 Å². The second-order valence-corrected chi connectivity index (χ2v) is 12.0. The summed E-state index contributed by atoms with van der Waals surface area (Å²) in [7, 11) is -3.57. The van der Waals surface area contributed by atoms with E-state index in [2.05, 4.69) is 10.1 Å². The normalized spacial score (nSPS) is 23.5. The van der Waals surface area contributed by atoms with Crippen LogP contribution in [-0.2, 0) is 14.6 Å². The minimum Gasteiger partial charge on any atom is -0.403 e. The molecule has 38 heavy (non-hydrogen) atoms. The van der Waals surface area contributed by atoms with Gasteiger partial charge in [-0.1, -0.05) is 6.07 Å². The third-order valence-electron chi connectivity index (χ3n) is 7.15. The third-order valence-corrected chi connectivity index (χ3v) is 8.26. The highest BCUT2D eigenvalue weighted by molar-refractivity contribution is 7.90. The zero-order valence-corrected chi connectivity index (χ0v) is 20.8. The molecule has 5 rings (SSSR count). The Morgan fingerprint density at radius 1 is 1.08 bits per heavy atom. The average Bonchev–Trinajstić information content (AvgIpc) is 3.76. The molecule has 7 nitrogen and oxygen atoms in total. The number of carbonyl (C=O) groups is 2. The van der Waals surface area contributed by atoms with Gasteiger partial charge >= 0.3 is 6.36 Å². The second-order valence-electron chi connectivity index (χ2n) is 10.0. The van der Waals surface area contributed by atoms with Gasteiger partial charge in [0.15, 0.2) is 21.4 Å². The average molecular weight is 559 g/mol. The Bertz CT molecular complexity index is 1410. The molecule has 0 aromatic heterocycles. The molecular formula is C25H23F5N2O5S. The number of sulfone groups is 1. The Morgan fingerprint density at radius 3 is 2.42 bits per heavy atom. The Labute approximate surface area is 214 Å². The first-order valence-electron chi connectivity index (χ1n) is 11.9. The second kappa shape index (κ2) is 9.21. The minimum atomic E-state index is -5.21. The van der Waals surface area contributed by atoms with E-state index in [1.54, 1.807) is 0 Å². The molecule has 1 heterocycles. The monoisotopic (exact) mass is 558 g/mol. The zero-order valence-electron chi connectivity index (χ0n) is 20.0. The Hall–Kier alpha value is -3.22. The lowest BCUT2D eigenvalue weighted by Crippen LogP contribution is -2.49. The van der Waals surface area contributed by atoms with E-state index in [1.807, 2.05) is 0 Å². The van der Waals surface area contributed by atoms with Crippen LogP contribution in [-0.4, -0.2) is 49.8 Å². The molecule has 2 aliphatic carbocycles. The molecule has 1 aliphatic heterocycles. The number of piperidine rings is 1. The predicted octanol–water partition coefficient (Wildman–Crippen LogP) is 4.14. The Balaban J connectivity index is 1.38. The fourth-order valence-corrected chi connectivity index (χ4v) is 5.77. The summed E-state index contributed by atoms with van der Waals surface area (Å²) in [6.45, 7) is 0. The molecule has 204 valence electrons. The van der Waals surface area contributed by atoms with Gasteiger partial charge in [-0.3, -0.25) is 9.59 Å². The maximum absolute atomic E-state index is 14.8. The van der Waals surface area contributed by atoms with E-state index in [0.717, 1.165) is 6.26 Å². The van der Waals surface area contributed by atoms with Crippen molar-refractivity contribution in [2.45, 2.75) is 55.1 Å². The molecule has 1 saturated heterocycles. The van der Waals surface area contributed by atoms with E-state index in [9.17, 15) is 40.0 Å². The number of carbonyl (C=O) groups excluding carboxylic acids is 2. The van der Waals surface area contributed by atoms with Crippen molar-refractivity contribution >= 4 is 21.7 Å². The largest absolute Gasteiger partial charge is 0.573 e. The Kier molecular flexibility index (Phi) is 6.40. The number of likely N-dealkylation sites (tertiary alicyclic amines) is 1. The van der Waals surface area contributed by atoms with Crippen LogP contribution < -0.4 is 10.1 Å². The van der Waals surface area contributed by atoms with Crippen molar-refractivity contribution in [3.05, 3.63) is 59.2 Å². The van der Waals surface area contributed by atoms with Crippen molar-refractivity contribution in [2.75, 3.05) is 6.26 Å². The molecule has 3 fully saturated rings. The van der Waals surface area contributed by atoms with Crippen molar-refractivity contribution in [1.82, 2.24) is 10.2 Å². The van der Waals surface area contributed by atoms with Crippen LogP contribution in [0.5, 0.6) is 5.75 Å². The maximum Gasteiger partial charge on any atom is 0.573 e. The van der Waals surface area contributed by atoms with E-state index < -0.39 is 57.5 Å². The van der Waals surface area contributed by atoms with E-state index in [0.29, 0.717) is 37.8 Å². The molecule has 0 radical (unpaired) electrons. The lowest BCUT2D eigenvalue weighted by Gasteiger charge is -2.29. The number of rotatable bonds is 7. The highest BCUT2D eigenvalue weighted by atomic mass is 32.2. The summed E-state index contributed by atoms with van der Waals surface area (Å²) in [5.74, 6) is -5.20. The summed E-state index contributed by atoms with van der Waals surface area (Å²) < 4.78 is 94.1. The zero-order chi connectivity index (χ0) is 27.6. The van der Waals surface area contributed by atoms with Crippen LogP contribution in [0.25, 0.3) is 0 Å². The number of alkyl halides is 3. The summed E-state index contributed by atoms with van der Waals surface area (Å²) in [5.41, 5.74) is -0.208. The molecule has 4 atom stereocenters. The molecule has 2 aromatic rings. The van der Waals surface area contributed by atoms with Gasteiger partial charge in [-0.25, -0.2) is 17.2 Å². The maximum atomic E-state index is 14.8. The summed E-state index contributed by atoms with van der Waals surface area (Å²) in [6.07, 6.45) is -1.98. The summed E-state index contributed by atoms with van der Waals surface area (Å²) >= 11 is 0. The number of hydrogen-bond acceptors (Lipinski definition) is 5. The van der Waals surface area contributed by atoms with Crippen molar-refractivity contribution in [3.63, 3.8) is 0 Å². The standard InChI is InChI=1S/C25H23F5N2O5S/c1-38(35,36)15-4-2-3-13(7-15)24(34)32-19-8-14(19)9-20(32)23(33)31-22(12-5-6-12)16-10-18(27)21(11-17(16)26)37-25(28,29)30/h2-4,7,10-12,14,19-20,22H,5-6,8-9H2,1H3,(H,31,33)/t14-,19-,20-,22?/m1/s1. The first-order valence-corrected chi connectivity index (χ1v) is 13.8. The fourth-order valence-electron chi connectivity index (χ4n) is 5.11. The number of hydrogen-bond donors (Lipinski definition) is 1. The quantitative estimate of drug-likeness (QED) is 0.516. The van der Waals surface area contributed by atoms with Crippen LogP contribution in [0.4, 0.5) is 22.0 Å². The van der Waals surface area contributed by atoms with Crippen molar-refractivity contribution in [1.29, 1.82) is 0 Å². The number of amides is 2. The van der Waals surface area contributed by atoms with E-state index in [-0.39, 0.29) is 33.9 Å². The van der Waals surface area contributed by atoms with Gasteiger partial charge < -0.3 is 15.0 Å². The van der Waals surface area contributed by atoms with Gasteiger partial charge in [-0.15, -0.1) is 13.2 Å². The molecule has 13 heteroatoms. The molecule has 0 bridgehead atoms. The summed E-state index contributed by atoms with van der Waals surface area (Å²) in [4.78, 5) is 28.1. The van der Waals surface area contributed by atoms with Crippen LogP contribution >= 0.6 is 0 Å². The van der Waals surface area contributed by atoms with Crippen molar-refractivity contribution in [2.24, 2.45) is 11.8 Å². The number of nitrogens with one attached hydrogen (secondary N) is 1. The Morgan fingerprint density at radius 2 is 1.79 bits per heavy atom. The van der Waals surface area contributed by atoms with Crippen LogP contribution in [0, 0.1) is 23.5 Å². The molecular weight excluding hydrogens is 535 g/mol. The lowest BCUT2D eigenvalue weighted by atomic mass is 10.00. The molecule has 1 unspecified atom stereocenters. The van der Waals surface area contributed by atoms with Crippen LogP contribution in [0.2, 0.25) is 0 Å². The SMILES string of the molecule is CS(=O)(=O)c1cccc(C(=O)N2[C@@H](C(=O)NC(c3cc(F)c(OC(F)(F)F)cc3F)C3CC3)C[C@H]3C[C@H]32)c1. The predicted molar refractivity (Wildman–Crippen MR) is 123 cm³/mol. The van der Waals surface area contributed by atoms with E-state index >= 15 is 0 Å². The highest BCUT2D eigenvalue weighted by Gasteiger charge is 2.56. The summed E-state index contributed by atoms with van der Waals surface area (Å²) in [5, 5.41) is 2.69. The molecule has 2 saturated carbocycles. The molecule has 2 amide bonds. The van der Waals surface area contributed by atoms with E-state index in [1.165, 1.54) is 29.2 Å². The summed E-state index contributed by atoms with van der Waals surface area (Å²) in [6, 6.07) is 4.25. The van der Waals surface area contributed by atoms with Gasteiger partial charge in [0.25, 0.3) is 5.91 Å². The van der Waals surface area contributed by atoms with Crippen molar-refractivity contribution in [3.8, 4) is 5.75 Å². The first kappa shape index (κ1) is 26.4. The van der Waals surface area contributed by atoms with Crippen LogP contribution in [0.3, 0.4) is 0 Å².